The Hall–Kier alpha value is -0.600. The number of phenols is 2. The fraction of sp³-hybridized carbons (Fsp3) is 0.333. The molecule has 72 valence electrons. The average Bonchev–Trinajstić information content (AvgIpc) is 2.10. The summed E-state index contributed by atoms with van der Waals surface area (Å²) in [5.74, 6) is 0.105. The molecular weight excluding hydrogens is 211 g/mol. The van der Waals surface area contributed by atoms with Gasteiger partial charge in [-0.1, -0.05) is 12.1 Å². The summed E-state index contributed by atoms with van der Waals surface area (Å²) in [5, 5.41) is 18.2. The number of rotatable bonds is 3. The third kappa shape index (κ3) is 2.42. The van der Waals surface area contributed by atoms with E-state index in [1.54, 1.807) is 12.1 Å². The quantitative estimate of drug-likeness (QED) is 0.608. The van der Waals surface area contributed by atoms with Crippen LogP contribution in [0, 0.1) is 0 Å². The Morgan fingerprint density at radius 2 is 2.00 bits per heavy atom. The smallest absolute Gasteiger partial charge is 0.162 e. The van der Waals surface area contributed by atoms with E-state index in [9.17, 15) is 10.2 Å². The summed E-state index contributed by atoms with van der Waals surface area (Å²) in [4.78, 5) is 0. The van der Waals surface area contributed by atoms with Crippen LogP contribution in [-0.2, 0) is 0 Å². The molecule has 1 atom stereocenters. The first-order chi connectivity index (χ1) is 6.16. The minimum atomic E-state index is -0.357. The van der Waals surface area contributed by atoms with Gasteiger partial charge in [0.05, 0.1) is 5.38 Å². The second-order valence-electron chi connectivity index (χ2n) is 2.66. The summed E-state index contributed by atoms with van der Waals surface area (Å²) in [5.41, 5.74) is 0.516. The second-order valence-corrected chi connectivity index (χ2v) is 3.56. The summed E-state index contributed by atoms with van der Waals surface area (Å²) in [6.07, 6.45) is 0.556. The fourth-order valence-corrected chi connectivity index (χ4v) is 1.67. The highest BCUT2D eigenvalue weighted by Crippen LogP contribution is 2.36. The first-order valence-electron chi connectivity index (χ1n) is 3.87. The Kier molecular flexibility index (Phi) is 3.70. The van der Waals surface area contributed by atoms with Gasteiger partial charge in [0.1, 0.15) is 0 Å². The lowest BCUT2D eigenvalue weighted by Gasteiger charge is -2.10. The highest BCUT2D eigenvalue weighted by Gasteiger charge is 2.13. The molecule has 1 rings (SSSR count). The van der Waals surface area contributed by atoms with Gasteiger partial charge in [-0.2, -0.15) is 0 Å². The van der Waals surface area contributed by atoms with Crippen LogP contribution in [0.2, 0.25) is 0 Å². The number of halogens is 2. The van der Waals surface area contributed by atoms with E-state index < -0.39 is 0 Å². The van der Waals surface area contributed by atoms with Gasteiger partial charge >= 0.3 is 0 Å². The number of aromatic hydroxyl groups is 2. The molecule has 2 nitrogen and oxygen atoms in total. The Morgan fingerprint density at radius 3 is 2.62 bits per heavy atom. The van der Waals surface area contributed by atoms with E-state index in [-0.39, 0.29) is 16.9 Å². The molecule has 0 fully saturated rings. The van der Waals surface area contributed by atoms with Crippen molar-refractivity contribution in [2.45, 2.75) is 11.8 Å². The van der Waals surface area contributed by atoms with E-state index in [0.717, 1.165) is 0 Å². The molecule has 0 heterocycles. The van der Waals surface area contributed by atoms with E-state index in [4.69, 9.17) is 23.2 Å². The van der Waals surface area contributed by atoms with Crippen molar-refractivity contribution in [3.63, 3.8) is 0 Å². The van der Waals surface area contributed by atoms with E-state index in [0.29, 0.717) is 17.9 Å². The Bertz CT molecular complexity index is 289. The molecule has 0 aromatic heterocycles. The van der Waals surface area contributed by atoms with E-state index in [1.165, 1.54) is 6.07 Å². The van der Waals surface area contributed by atoms with Crippen molar-refractivity contribution in [1.82, 2.24) is 0 Å². The molecule has 1 unspecified atom stereocenters. The van der Waals surface area contributed by atoms with Gasteiger partial charge in [0.25, 0.3) is 0 Å². The molecule has 0 radical (unpaired) electrons. The van der Waals surface area contributed by atoms with Crippen LogP contribution in [0.1, 0.15) is 17.4 Å². The standard InChI is InChI=1S/C9H10Cl2O2/c10-5-4-7(11)6-2-1-3-8(12)9(6)13/h1-3,7,12-13H,4-5H2. The largest absolute Gasteiger partial charge is 0.504 e. The van der Waals surface area contributed by atoms with E-state index in [2.05, 4.69) is 0 Å². The van der Waals surface area contributed by atoms with Crippen molar-refractivity contribution >= 4 is 23.2 Å². The van der Waals surface area contributed by atoms with Gasteiger partial charge in [-0.25, -0.2) is 0 Å². The topological polar surface area (TPSA) is 40.5 Å². The van der Waals surface area contributed by atoms with Crippen molar-refractivity contribution < 1.29 is 10.2 Å². The van der Waals surface area contributed by atoms with Crippen molar-refractivity contribution in [3.05, 3.63) is 23.8 Å². The third-order valence-corrected chi connectivity index (χ3v) is 2.42. The number of hydrogen-bond donors (Lipinski definition) is 2. The molecule has 1 aromatic rings. The summed E-state index contributed by atoms with van der Waals surface area (Å²) in [6.45, 7) is 0. The Morgan fingerprint density at radius 1 is 1.31 bits per heavy atom. The van der Waals surface area contributed by atoms with E-state index >= 15 is 0 Å². The van der Waals surface area contributed by atoms with Crippen LogP contribution >= 0.6 is 23.2 Å². The molecule has 1 aromatic carbocycles. The van der Waals surface area contributed by atoms with Crippen LogP contribution in [0.25, 0.3) is 0 Å². The molecule has 0 aliphatic heterocycles. The predicted molar refractivity (Wildman–Crippen MR) is 53.7 cm³/mol. The number of para-hydroxylation sites is 1. The monoisotopic (exact) mass is 220 g/mol. The normalized spacial score (nSPS) is 12.8. The second kappa shape index (κ2) is 4.58. The lowest BCUT2D eigenvalue weighted by Crippen LogP contribution is -1.92. The zero-order valence-corrected chi connectivity index (χ0v) is 8.39. The van der Waals surface area contributed by atoms with Crippen LogP contribution in [0.15, 0.2) is 18.2 Å². The van der Waals surface area contributed by atoms with Crippen LogP contribution in [0.5, 0.6) is 11.5 Å². The SMILES string of the molecule is Oc1cccc(C(Cl)CCCl)c1O. The van der Waals surface area contributed by atoms with E-state index in [1.807, 2.05) is 0 Å². The van der Waals surface area contributed by atoms with Gasteiger partial charge in [-0.05, 0) is 12.5 Å². The van der Waals surface area contributed by atoms with Crippen molar-refractivity contribution in [1.29, 1.82) is 0 Å². The highest BCUT2D eigenvalue weighted by atomic mass is 35.5. The summed E-state index contributed by atoms with van der Waals surface area (Å²) < 4.78 is 0. The number of phenolic OH excluding ortho intramolecular Hbond substituents is 2. The molecular formula is C9H10Cl2O2. The van der Waals surface area contributed by atoms with Crippen LogP contribution < -0.4 is 0 Å². The van der Waals surface area contributed by atoms with Crippen molar-refractivity contribution in [2.24, 2.45) is 0 Å². The zero-order chi connectivity index (χ0) is 9.84. The maximum atomic E-state index is 9.42. The fourth-order valence-electron chi connectivity index (χ4n) is 1.05. The summed E-state index contributed by atoms with van der Waals surface area (Å²) >= 11 is 11.4. The first-order valence-corrected chi connectivity index (χ1v) is 4.84. The van der Waals surface area contributed by atoms with Gasteiger partial charge in [0, 0.05) is 11.4 Å². The van der Waals surface area contributed by atoms with Crippen LogP contribution in [0.4, 0.5) is 0 Å². The Balaban J connectivity index is 2.93. The van der Waals surface area contributed by atoms with Gasteiger partial charge in [-0.3, -0.25) is 0 Å². The molecule has 0 aliphatic carbocycles. The number of alkyl halides is 2. The first kappa shape index (κ1) is 10.5. The molecule has 2 N–H and O–H groups in total. The van der Waals surface area contributed by atoms with Crippen LogP contribution in [0.3, 0.4) is 0 Å². The molecule has 0 aliphatic rings. The maximum absolute atomic E-state index is 9.42. The molecule has 0 saturated carbocycles. The summed E-state index contributed by atoms with van der Waals surface area (Å²) in [7, 11) is 0. The van der Waals surface area contributed by atoms with Gasteiger partial charge in [0.2, 0.25) is 0 Å². The Labute approximate surface area is 86.7 Å². The zero-order valence-electron chi connectivity index (χ0n) is 6.87. The number of hydrogen-bond acceptors (Lipinski definition) is 2. The van der Waals surface area contributed by atoms with Crippen molar-refractivity contribution in [3.8, 4) is 11.5 Å². The minimum absolute atomic E-state index is 0.155. The van der Waals surface area contributed by atoms with Gasteiger partial charge in [0.15, 0.2) is 11.5 Å². The molecule has 13 heavy (non-hydrogen) atoms. The van der Waals surface area contributed by atoms with Gasteiger partial charge < -0.3 is 10.2 Å². The molecule has 0 bridgehead atoms. The van der Waals surface area contributed by atoms with Crippen LogP contribution in [-0.4, -0.2) is 16.1 Å². The van der Waals surface area contributed by atoms with Crippen molar-refractivity contribution in [2.75, 3.05) is 5.88 Å². The highest BCUT2D eigenvalue weighted by molar-refractivity contribution is 6.22. The molecule has 0 spiro atoms. The van der Waals surface area contributed by atoms with Gasteiger partial charge in [-0.15, -0.1) is 23.2 Å². The molecule has 0 saturated heterocycles. The molecule has 0 amide bonds. The summed E-state index contributed by atoms with van der Waals surface area (Å²) in [6, 6.07) is 4.70. The third-order valence-electron chi connectivity index (χ3n) is 1.75. The maximum Gasteiger partial charge on any atom is 0.162 e. The predicted octanol–water partition coefficient (Wildman–Crippen LogP) is 3.01. The lowest BCUT2D eigenvalue weighted by molar-refractivity contribution is 0.398. The molecule has 4 heteroatoms. The number of benzene rings is 1. The average molecular weight is 221 g/mol. The lowest BCUT2D eigenvalue weighted by atomic mass is 10.1. The minimum Gasteiger partial charge on any atom is -0.504 e.